The fourth-order valence-corrected chi connectivity index (χ4v) is 1.36. The van der Waals surface area contributed by atoms with Gasteiger partial charge in [0.15, 0.2) is 0 Å². The first kappa shape index (κ1) is 6.85. The predicted molar refractivity (Wildman–Crippen MR) is 47.6 cm³/mol. The van der Waals surface area contributed by atoms with Gasteiger partial charge in [-0.2, -0.15) is 5.10 Å². The minimum atomic E-state index is 1.09. The average Bonchev–Trinajstić information content (AvgIpc) is 2.36. The largest absolute Gasteiger partial charge is 0.240 e. The summed E-state index contributed by atoms with van der Waals surface area (Å²) in [5.41, 5.74) is 2.36. The SMILES string of the molecule is Cc1cc2ccnn2cc1Br. The summed E-state index contributed by atoms with van der Waals surface area (Å²) in [6.07, 6.45) is 3.76. The van der Waals surface area contributed by atoms with Gasteiger partial charge in [0, 0.05) is 16.9 Å². The minimum Gasteiger partial charge on any atom is -0.240 e. The van der Waals surface area contributed by atoms with Crippen molar-refractivity contribution in [2.45, 2.75) is 6.92 Å². The molecule has 0 bridgehead atoms. The van der Waals surface area contributed by atoms with E-state index in [1.54, 1.807) is 6.20 Å². The van der Waals surface area contributed by atoms with Gasteiger partial charge >= 0.3 is 0 Å². The normalized spacial score (nSPS) is 10.7. The third-order valence-corrected chi connectivity index (χ3v) is 2.51. The molecule has 3 heteroatoms. The first-order valence-corrected chi connectivity index (χ1v) is 4.16. The quantitative estimate of drug-likeness (QED) is 0.653. The van der Waals surface area contributed by atoms with Crippen LogP contribution >= 0.6 is 15.9 Å². The lowest BCUT2D eigenvalue weighted by atomic mass is 10.3. The van der Waals surface area contributed by atoms with Crippen LogP contribution in [0.2, 0.25) is 0 Å². The number of hydrogen-bond acceptors (Lipinski definition) is 1. The summed E-state index contributed by atoms with van der Waals surface area (Å²) in [5.74, 6) is 0. The predicted octanol–water partition coefficient (Wildman–Crippen LogP) is 2.41. The topological polar surface area (TPSA) is 17.3 Å². The summed E-state index contributed by atoms with van der Waals surface area (Å²) in [7, 11) is 0. The summed E-state index contributed by atoms with van der Waals surface area (Å²) < 4.78 is 2.94. The van der Waals surface area contributed by atoms with Gasteiger partial charge in [-0.15, -0.1) is 0 Å². The molecule has 0 aromatic carbocycles. The van der Waals surface area contributed by atoms with Gasteiger partial charge in [0.05, 0.1) is 5.52 Å². The van der Waals surface area contributed by atoms with E-state index in [4.69, 9.17) is 0 Å². The lowest BCUT2D eigenvalue weighted by Crippen LogP contribution is -1.87. The Labute approximate surface area is 73.0 Å². The smallest absolute Gasteiger partial charge is 0.0665 e. The van der Waals surface area contributed by atoms with E-state index in [9.17, 15) is 0 Å². The third-order valence-electron chi connectivity index (χ3n) is 1.68. The Morgan fingerprint density at radius 2 is 2.36 bits per heavy atom. The second-order valence-corrected chi connectivity index (χ2v) is 3.36. The molecule has 0 fully saturated rings. The highest BCUT2D eigenvalue weighted by atomic mass is 79.9. The van der Waals surface area contributed by atoms with Crippen molar-refractivity contribution in [2.75, 3.05) is 0 Å². The molecule has 0 radical (unpaired) electrons. The van der Waals surface area contributed by atoms with Crippen molar-refractivity contribution in [1.29, 1.82) is 0 Å². The Kier molecular flexibility index (Phi) is 1.46. The summed E-state index contributed by atoms with van der Waals surface area (Å²) in [4.78, 5) is 0. The zero-order valence-corrected chi connectivity index (χ0v) is 7.67. The average molecular weight is 211 g/mol. The molecule has 0 N–H and O–H groups in total. The molecule has 0 aliphatic rings. The van der Waals surface area contributed by atoms with Crippen molar-refractivity contribution in [1.82, 2.24) is 9.61 Å². The fourth-order valence-electron chi connectivity index (χ4n) is 1.05. The van der Waals surface area contributed by atoms with Crippen LogP contribution in [-0.4, -0.2) is 9.61 Å². The molecule has 2 heterocycles. The van der Waals surface area contributed by atoms with Gasteiger partial charge < -0.3 is 0 Å². The lowest BCUT2D eigenvalue weighted by molar-refractivity contribution is 0.952. The molecule has 2 aromatic heterocycles. The van der Waals surface area contributed by atoms with Crippen LogP contribution in [0.1, 0.15) is 5.56 Å². The highest BCUT2D eigenvalue weighted by Crippen LogP contribution is 2.16. The Balaban J connectivity index is 2.86. The number of pyridine rings is 1. The monoisotopic (exact) mass is 210 g/mol. The number of aromatic nitrogens is 2. The maximum absolute atomic E-state index is 4.11. The van der Waals surface area contributed by atoms with Gasteiger partial charge in [-0.25, -0.2) is 4.52 Å². The van der Waals surface area contributed by atoms with E-state index >= 15 is 0 Å². The molecule has 0 saturated heterocycles. The molecule has 2 nitrogen and oxygen atoms in total. The highest BCUT2D eigenvalue weighted by molar-refractivity contribution is 9.10. The van der Waals surface area contributed by atoms with Crippen molar-refractivity contribution >= 4 is 21.4 Å². The molecule has 2 rings (SSSR count). The summed E-state index contributed by atoms with van der Waals surface area (Å²) >= 11 is 3.44. The first-order chi connectivity index (χ1) is 5.27. The molecular formula is C8H7BrN2. The Morgan fingerprint density at radius 3 is 3.18 bits per heavy atom. The van der Waals surface area contributed by atoms with E-state index < -0.39 is 0 Å². The van der Waals surface area contributed by atoms with Crippen LogP contribution in [0.25, 0.3) is 5.52 Å². The van der Waals surface area contributed by atoms with Crippen molar-refractivity contribution in [3.05, 3.63) is 34.6 Å². The molecule has 2 aromatic rings. The number of nitrogens with zero attached hydrogens (tertiary/aromatic N) is 2. The van der Waals surface area contributed by atoms with Crippen LogP contribution in [0.15, 0.2) is 29.0 Å². The maximum Gasteiger partial charge on any atom is 0.0665 e. The summed E-state index contributed by atoms with van der Waals surface area (Å²) in [5, 5.41) is 4.11. The van der Waals surface area contributed by atoms with Crippen LogP contribution in [0.4, 0.5) is 0 Å². The van der Waals surface area contributed by atoms with Crippen LogP contribution in [-0.2, 0) is 0 Å². The number of fused-ring (bicyclic) bond motifs is 1. The van der Waals surface area contributed by atoms with Crippen molar-refractivity contribution in [2.24, 2.45) is 0 Å². The second kappa shape index (κ2) is 2.34. The van der Waals surface area contributed by atoms with Gasteiger partial charge in [-0.05, 0) is 40.5 Å². The Morgan fingerprint density at radius 1 is 1.55 bits per heavy atom. The molecule has 0 atom stereocenters. The first-order valence-electron chi connectivity index (χ1n) is 3.37. The van der Waals surface area contributed by atoms with E-state index in [1.165, 1.54) is 5.56 Å². The summed E-state index contributed by atoms with van der Waals surface area (Å²) in [6, 6.07) is 4.08. The standard InChI is InChI=1S/C8H7BrN2/c1-6-4-7-2-3-10-11(7)5-8(6)9/h2-5H,1H3. The Bertz CT molecular complexity index is 356. The van der Waals surface area contributed by atoms with E-state index in [0.717, 1.165) is 9.99 Å². The van der Waals surface area contributed by atoms with Gasteiger partial charge in [-0.1, -0.05) is 0 Å². The Hall–Kier alpha value is -0.830. The van der Waals surface area contributed by atoms with Crippen molar-refractivity contribution in [3.8, 4) is 0 Å². The third kappa shape index (κ3) is 1.05. The molecule has 0 saturated carbocycles. The van der Waals surface area contributed by atoms with E-state index in [-0.39, 0.29) is 0 Å². The maximum atomic E-state index is 4.11. The molecular weight excluding hydrogens is 204 g/mol. The number of halogens is 1. The van der Waals surface area contributed by atoms with Crippen LogP contribution in [0.5, 0.6) is 0 Å². The molecule has 0 unspecified atom stereocenters. The van der Waals surface area contributed by atoms with Gasteiger partial charge in [-0.3, -0.25) is 0 Å². The van der Waals surface area contributed by atoms with Crippen LogP contribution < -0.4 is 0 Å². The van der Waals surface area contributed by atoms with Gasteiger partial charge in [0.1, 0.15) is 0 Å². The van der Waals surface area contributed by atoms with E-state index in [0.29, 0.717) is 0 Å². The number of aryl methyl sites for hydroxylation is 1. The number of hydrogen-bond donors (Lipinski definition) is 0. The number of rotatable bonds is 0. The van der Waals surface area contributed by atoms with Crippen LogP contribution in [0, 0.1) is 6.92 Å². The van der Waals surface area contributed by atoms with Gasteiger partial charge in [0.2, 0.25) is 0 Å². The highest BCUT2D eigenvalue weighted by Gasteiger charge is 1.97. The van der Waals surface area contributed by atoms with E-state index in [1.807, 2.05) is 16.8 Å². The molecule has 11 heavy (non-hydrogen) atoms. The molecule has 56 valence electrons. The molecule has 0 aliphatic carbocycles. The summed E-state index contributed by atoms with van der Waals surface area (Å²) in [6.45, 7) is 2.07. The molecule has 0 aliphatic heterocycles. The van der Waals surface area contributed by atoms with Crippen LogP contribution in [0.3, 0.4) is 0 Å². The zero-order valence-electron chi connectivity index (χ0n) is 6.08. The second-order valence-electron chi connectivity index (χ2n) is 2.51. The molecule has 0 amide bonds. The van der Waals surface area contributed by atoms with E-state index in [2.05, 4.69) is 34.0 Å². The van der Waals surface area contributed by atoms with Gasteiger partial charge in [0.25, 0.3) is 0 Å². The zero-order chi connectivity index (χ0) is 7.84. The minimum absolute atomic E-state index is 1.09. The van der Waals surface area contributed by atoms with Crippen molar-refractivity contribution < 1.29 is 0 Å². The fraction of sp³-hybridized carbons (Fsp3) is 0.125. The van der Waals surface area contributed by atoms with Crippen molar-refractivity contribution in [3.63, 3.8) is 0 Å². The molecule has 0 spiro atoms. The lowest BCUT2D eigenvalue weighted by Gasteiger charge is -1.98.